The van der Waals surface area contributed by atoms with Gasteiger partial charge in [0.1, 0.15) is 12.1 Å². The Morgan fingerprint density at radius 3 is 2.89 bits per heavy atom. The number of carbonyl (C=O) groups is 1. The Bertz CT molecular complexity index is 394. The van der Waals surface area contributed by atoms with Gasteiger partial charge in [-0.15, -0.1) is 0 Å². The molecule has 1 aliphatic heterocycles. The van der Waals surface area contributed by atoms with Crippen LogP contribution in [0.3, 0.4) is 0 Å². The highest BCUT2D eigenvalue weighted by molar-refractivity contribution is 5.49. The van der Waals surface area contributed by atoms with E-state index in [1.165, 1.54) is 12.1 Å². The molecule has 0 bridgehead atoms. The number of halogens is 1. The Balaban J connectivity index is 1.90. The topological polar surface area (TPSA) is 29.5 Å². The van der Waals surface area contributed by atoms with E-state index in [1.807, 2.05) is 0 Å². The molecule has 1 fully saturated rings. The Labute approximate surface area is 113 Å². The van der Waals surface area contributed by atoms with E-state index in [0.717, 1.165) is 50.9 Å². The molecule has 3 nitrogen and oxygen atoms in total. The maximum atomic E-state index is 12.9. The third kappa shape index (κ3) is 4.73. The van der Waals surface area contributed by atoms with Crippen LogP contribution in [-0.4, -0.2) is 43.5 Å². The second kappa shape index (κ2) is 7.36. The predicted molar refractivity (Wildman–Crippen MR) is 71.6 cm³/mol. The molecule has 0 saturated carbocycles. The minimum atomic E-state index is -0.210. The van der Waals surface area contributed by atoms with E-state index in [0.29, 0.717) is 6.42 Å². The van der Waals surface area contributed by atoms with Crippen molar-refractivity contribution in [3.63, 3.8) is 0 Å². The Hall–Kier alpha value is -1.26. The number of ether oxygens (including phenoxy) is 1. The van der Waals surface area contributed by atoms with Gasteiger partial charge >= 0.3 is 0 Å². The van der Waals surface area contributed by atoms with Gasteiger partial charge in [-0.1, -0.05) is 12.1 Å². The van der Waals surface area contributed by atoms with Gasteiger partial charge < -0.3 is 14.4 Å². The summed E-state index contributed by atoms with van der Waals surface area (Å²) < 4.78 is 18.7. The summed E-state index contributed by atoms with van der Waals surface area (Å²) in [4.78, 5) is 12.7. The van der Waals surface area contributed by atoms with Gasteiger partial charge in [0.2, 0.25) is 0 Å². The first-order valence-electron chi connectivity index (χ1n) is 6.80. The lowest BCUT2D eigenvalue weighted by molar-refractivity contribution is -0.108. The van der Waals surface area contributed by atoms with Gasteiger partial charge in [0.05, 0.1) is 6.10 Å². The Kier molecular flexibility index (Phi) is 5.48. The summed E-state index contributed by atoms with van der Waals surface area (Å²) in [5.41, 5.74) is 1.09. The maximum absolute atomic E-state index is 12.9. The number of hydrogen-bond donors (Lipinski definition) is 0. The fourth-order valence-electron chi connectivity index (χ4n) is 2.42. The summed E-state index contributed by atoms with van der Waals surface area (Å²) in [6.45, 7) is 3.37. The van der Waals surface area contributed by atoms with Gasteiger partial charge in [0, 0.05) is 32.7 Å². The fraction of sp³-hybridized carbons (Fsp3) is 0.533. The zero-order valence-electron chi connectivity index (χ0n) is 11.1. The van der Waals surface area contributed by atoms with E-state index in [-0.39, 0.29) is 11.9 Å². The molecule has 0 amide bonds. The van der Waals surface area contributed by atoms with Crippen LogP contribution in [0.5, 0.6) is 0 Å². The number of hydrogen-bond acceptors (Lipinski definition) is 3. The van der Waals surface area contributed by atoms with Crippen molar-refractivity contribution in [1.82, 2.24) is 4.90 Å². The molecule has 1 heterocycles. The number of rotatable bonds is 5. The van der Waals surface area contributed by atoms with Gasteiger partial charge in [-0.3, -0.25) is 0 Å². The van der Waals surface area contributed by atoms with Crippen molar-refractivity contribution >= 4 is 6.29 Å². The second-order valence-corrected chi connectivity index (χ2v) is 4.93. The molecule has 0 N–H and O–H groups in total. The Morgan fingerprint density at radius 2 is 2.16 bits per heavy atom. The third-order valence-electron chi connectivity index (χ3n) is 3.37. The SMILES string of the molecule is O=CCCN1CCCOC(Cc2ccc(F)cc2)C1. The summed E-state index contributed by atoms with van der Waals surface area (Å²) in [5, 5.41) is 0. The first-order valence-corrected chi connectivity index (χ1v) is 6.80. The van der Waals surface area contributed by atoms with E-state index in [2.05, 4.69) is 4.90 Å². The molecule has 104 valence electrons. The third-order valence-corrected chi connectivity index (χ3v) is 3.37. The monoisotopic (exact) mass is 265 g/mol. The standard InChI is InChI=1S/C15H20FNO2/c16-14-5-3-13(4-6-14)11-15-12-17(7-1-9-18)8-2-10-19-15/h3-6,9,15H,1-2,7-8,10-12H2. The highest BCUT2D eigenvalue weighted by atomic mass is 19.1. The van der Waals surface area contributed by atoms with Gasteiger partial charge in [0.15, 0.2) is 0 Å². The number of benzene rings is 1. The van der Waals surface area contributed by atoms with Crippen LogP contribution in [0.25, 0.3) is 0 Å². The largest absolute Gasteiger partial charge is 0.376 e. The van der Waals surface area contributed by atoms with Crippen molar-refractivity contribution in [2.75, 3.05) is 26.2 Å². The molecule has 1 atom stereocenters. The van der Waals surface area contributed by atoms with E-state index >= 15 is 0 Å². The first kappa shape index (κ1) is 14.2. The molecular weight excluding hydrogens is 245 g/mol. The minimum absolute atomic E-state index is 0.125. The molecule has 1 saturated heterocycles. The van der Waals surface area contributed by atoms with Crippen LogP contribution in [0.1, 0.15) is 18.4 Å². The maximum Gasteiger partial charge on any atom is 0.123 e. The van der Waals surface area contributed by atoms with Crippen molar-refractivity contribution in [3.8, 4) is 0 Å². The van der Waals surface area contributed by atoms with E-state index in [1.54, 1.807) is 12.1 Å². The quantitative estimate of drug-likeness (QED) is 0.763. The van der Waals surface area contributed by atoms with Gasteiger partial charge in [-0.2, -0.15) is 0 Å². The fourth-order valence-corrected chi connectivity index (χ4v) is 2.42. The number of carbonyl (C=O) groups excluding carboxylic acids is 1. The lowest BCUT2D eigenvalue weighted by atomic mass is 10.1. The van der Waals surface area contributed by atoms with Gasteiger partial charge in [-0.05, 0) is 30.5 Å². The van der Waals surface area contributed by atoms with Crippen molar-refractivity contribution in [1.29, 1.82) is 0 Å². The summed E-state index contributed by atoms with van der Waals surface area (Å²) in [5.74, 6) is -0.210. The van der Waals surface area contributed by atoms with Crippen LogP contribution in [0.4, 0.5) is 4.39 Å². The van der Waals surface area contributed by atoms with Crippen molar-refractivity contribution in [2.45, 2.75) is 25.4 Å². The summed E-state index contributed by atoms with van der Waals surface area (Å²) in [6, 6.07) is 6.57. The molecule has 4 heteroatoms. The highest BCUT2D eigenvalue weighted by Gasteiger charge is 2.18. The molecule has 19 heavy (non-hydrogen) atoms. The molecular formula is C15H20FNO2. The van der Waals surface area contributed by atoms with Crippen LogP contribution in [0, 0.1) is 5.82 Å². The van der Waals surface area contributed by atoms with Crippen LogP contribution in [0.2, 0.25) is 0 Å². The minimum Gasteiger partial charge on any atom is -0.376 e. The summed E-state index contributed by atoms with van der Waals surface area (Å²) in [6.07, 6.45) is 3.44. The lowest BCUT2D eigenvalue weighted by Crippen LogP contribution is -2.33. The van der Waals surface area contributed by atoms with Crippen LogP contribution < -0.4 is 0 Å². The summed E-state index contributed by atoms with van der Waals surface area (Å²) >= 11 is 0. The lowest BCUT2D eigenvalue weighted by Gasteiger charge is -2.23. The number of nitrogens with zero attached hydrogens (tertiary/aromatic N) is 1. The molecule has 1 aromatic carbocycles. The average molecular weight is 265 g/mol. The second-order valence-electron chi connectivity index (χ2n) is 4.93. The first-order chi connectivity index (χ1) is 9.28. The van der Waals surface area contributed by atoms with Crippen molar-refractivity contribution < 1.29 is 13.9 Å². The molecule has 2 rings (SSSR count). The van der Waals surface area contributed by atoms with E-state index < -0.39 is 0 Å². The van der Waals surface area contributed by atoms with E-state index in [4.69, 9.17) is 4.74 Å². The predicted octanol–water partition coefficient (Wildman–Crippen LogP) is 2.05. The van der Waals surface area contributed by atoms with Gasteiger partial charge in [0.25, 0.3) is 0 Å². The molecule has 0 aliphatic carbocycles. The molecule has 1 aromatic rings. The molecule has 0 radical (unpaired) electrons. The van der Waals surface area contributed by atoms with Crippen LogP contribution in [-0.2, 0) is 16.0 Å². The molecule has 1 aliphatic rings. The van der Waals surface area contributed by atoms with Crippen LogP contribution in [0.15, 0.2) is 24.3 Å². The zero-order chi connectivity index (χ0) is 13.5. The van der Waals surface area contributed by atoms with Crippen LogP contribution >= 0.6 is 0 Å². The number of aldehydes is 1. The van der Waals surface area contributed by atoms with Crippen molar-refractivity contribution in [2.24, 2.45) is 0 Å². The Morgan fingerprint density at radius 1 is 1.37 bits per heavy atom. The molecule has 1 unspecified atom stereocenters. The highest BCUT2D eigenvalue weighted by Crippen LogP contribution is 2.12. The van der Waals surface area contributed by atoms with Gasteiger partial charge in [-0.25, -0.2) is 4.39 Å². The smallest absolute Gasteiger partial charge is 0.123 e. The van der Waals surface area contributed by atoms with Crippen molar-refractivity contribution in [3.05, 3.63) is 35.6 Å². The molecule has 0 aromatic heterocycles. The average Bonchev–Trinajstić information content (AvgIpc) is 2.64. The molecule has 0 spiro atoms. The summed E-state index contributed by atoms with van der Waals surface area (Å²) in [7, 11) is 0. The zero-order valence-corrected chi connectivity index (χ0v) is 11.1. The van der Waals surface area contributed by atoms with E-state index in [9.17, 15) is 9.18 Å². The normalized spacial score (nSPS) is 21.0.